The van der Waals surface area contributed by atoms with Crippen LogP contribution in [0.5, 0.6) is 0 Å². The van der Waals surface area contributed by atoms with Crippen LogP contribution in [-0.4, -0.2) is 41.9 Å². The summed E-state index contributed by atoms with van der Waals surface area (Å²) in [6.07, 6.45) is 3.22. The van der Waals surface area contributed by atoms with Gasteiger partial charge in [0.1, 0.15) is 11.4 Å². The first-order valence-electron chi connectivity index (χ1n) is 8.76. The van der Waals surface area contributed by atoms with Gasteiger partial charge in [-0.3, -0.25) is 4.90 Å². The number of benzene rings is 1. The van der Waals surface area contributed by atoms with Gasteiger partial charge in [-0.2, -0.15) is 0 Å². The smallest absolute Gasteiger partial charge is 0.411 e. The van der Waals surface area contributed by atoms with E-state index >= 15 is 0 Å². The average Bonchev–Trinajstić information content (AvgIpc) is 2.48. The molecule has 136 valence electrons. The molecule has 0 aromatic heterocycles. The molecule has 1 fully saturated rings. The van der Waals surface area contributed by atoms with Crippen molar-refractivity contribution in [2.24, 2.45) is 0 Å². The highest BCUT2D eigenvalue weighted by Crippen LogP contribution is 2.30. The number of aryl methyl sites for hydroxylation is 1. The van der Waals surface area contributed by atoms with E-state index in [0.717, 1.165) is 12.0 Å². The molecule has 2 unspecified atom stereocenters. The minimum absolute atomic E-state index is 0.0242. The highest BCUT2D eigenvalue weighted by Gasteiger charge is 2.39. The molecule has 1 aromatic carbocycles. The van der Waals surface area contributed by atoms with Crippen LogP contribution in [0.1, 0.15) is 38.3 Å². The summed E-state index contributed by atoms with van der Waals surface area (Å²) in [5.74, 6) is -0.173. The Kier molecular flexibility index (Phi) is 4.87. The van der Waals surface area contributed by atoms with E-state index in [2.05, 4.69) is 6.08 Å². The van der Waals surface area contributed by atoms with Crippen molar-refractivity contribution >= 4 is 6.09 Å². The zero-order valence-electron chi connectivity index (χ0n) is 15.3. The monoisotopic (exact) mass is 347 g/mol. The lowest BCUT2D eigenvalue weighted by Gasteiger charge is -2.44. The summed E-state index contributed by atoms with van der Waals surface area (Å²) in [6, 6.07) is 5.23. The second-order valence-corrected chi connectivity index (χ2v) is 7.94. The number of hydrogen-bond donors (Lipinski definition) is 0. The lowest BCUT2D eigenvalue weighted by molar-refractivity contribution is -0.0536. The Morgan fingerprint density at radius 2 is 2.12 bits per heavy atom. The van der Waals surface area contributed by atoms with E-state index in [1.54, 1.807) is 17.9 Å². The fourth-order valence-corrected chi connectivity index (χ4v) is 3.42. The van der Waals surface area contributed by atoms with Crippen molar-refractivity contribution in [2.45, 2.75) is 58.2 Å². The van der Waals surface area contributed by atoms with Crippen molar-refractivity contribution in [3.8, 4) is 0 Å². The quantitative estimate of drug-likeness (QED) is 0.759. The first-order chi connectivity index (χ1) is 11.7. The van der Waals surface area contributed by atoms with Gasteiger partial charge in [-0.1, -0.05) is 23.8 Å². The van der Waals surface area contributed by atoms with Gasteiger partial charge in [0.15, 0.2) is 0 Å². The zero-order chi connectivity index (χ0) is 18.2. The Morgan fingerprint density at radius 1 is 1.36 bits per heavy atom. The molecule has 2 aliphatic rings. The van der Waals surface area contributed by atoms with Gasteiger partial charge in [-0.25, -0.2) is 9.18 Å². The summed E-state index contributed by atoms with van der Waals surface area (Å²) >= 11 is 0. The summed E-state index contributed by atoms with van der Waals surface area (Å²) in [7, 11) is 0. The van der Waals surface area contributed by atoms with E-state index in [9.17, 15) is 9.18 Å². The predicted octanol–water partition coefficient (Wildman–Crippen LogP) is 4.01. The number of rotatable bonds is 2. The molecule has 2 bridgehead atoms. The van der Waals surface area contributed by atoms with Crippen LogP contribution in [0.3, 0.4) is 0 Å². The zero-order valence-corrected chi connectivity index (χ0v) is 15.3. The second kappa shape index (κ2) is 6.79. The number of ether oxygens (including phenoxy) is 2. The molecule has 25 heavy (non-hydrogen) atoms. The number of halogens is 1. The summed E-state index contributed by atoms with van der Waals surface area (Å²) in [5, 5.41) is 0. The van der Waals surface area contributed by atoms with E-state index < -0.39 is 5.60 Å². The van der Waals surface area contributed by atoms with Crippen molar-refractivity contribution in [3.05, 3.63) is 46.8 Å². The third-order valence-electron chi connectivity index (χ3n) is 4.55. The first kappa shape index (κ1) is 17.9. The molecule has 2 atom stereocenters. The highest BCUT2D eigenvalue weighted by atomic mass is 19.1. The summed E-state index contributed by atoms with van der Waals surface area (Å²) in [5.41, 5.74) is 2.32. The Balaban J connectivity index is 1.76. The van der Waals surface area contributed by atoms with Crippen LogP contribution in [0.4, 0.5) is 9.18 Å². The van der Waals surface area contributed by atoms with Gasteiger partial charge < -0.3 is 9.47 Å². The third kappa shape index (κ3) is 4.21. The number of hydrogen-bond acceptors (Lipinski definition) is 3. The SMILES string of the molecule is Cc1ccc(CC2=CC3COCC(C2)N3C(=O)OC(C)(C)C)cc1F. The Morgan fingerprint density at radius 3 is 2.76 bits per heavy atom. The molecule has 0 spiro atoms. The van der Waals surface area contributed by atoms with Gasteiger partial charge in [0.05, 0.1) is 25.3 Å². The summed E-state index contributed by atoms with van der Waals surface area (Å²) < 4.78 is 25.0. The number of carbonyl (C=O) groups is 1. The third-order valence-corrected chi connectivity index (χ3v) is 4.55. The first-order valence-corrected chi connectivity index (χ1v) is 8.76. The molecule has 0 radical (unpaired) electrons. The maximum Gasteiger partial charge on any atom is 0.411 e. The number of fused-ring (bicyclic) bond motifs is 2. The van der Waals surface area contributed by atoms with E-state index in [1.807, 2.05) is 32.9 Å². The average molecular weight is 347 g/mol. The largest absolute Gasteiger partial charge is 0.444 e. The maximum atomic E-state index is 13.8. The van der Waals surface area contributed by atoms with Crippen LogP contribution in [0.25, 0.3) is 0 Å². The van der Waals surface area contributed by atoms with Crippen molar-refractivity contribution in [3.63, 3.8) is 0 Å². The molecular weight excluding hydrogens is 321 g/mol. The maximum absolute atomic E-state index is 13.8. The molecular formula is C20H26FNO3. The van der Waals surface area contributed by atoms with Crippen LogP contribution in [0.15, 0.2) is 29.8 Å². The summed E-state index contributed by atoms with van der Waals surface area (Å²) in [6.45, 7) is 8.35. The van der Waals surface area contributed by atoms with Gasteiger partial charge >= 0.3 is 6.09 Å². The van der Waals surface area contributed by atoms with E-state index in [4.69, 9.17) is 9.47 Å². The van der Waals surface area contributed by atoms with Crippen LogP contribution in [-0.2, 0) is 15.9 Å². The topological polar surface area (TPSA) is 38.8 Å². The van der Waals surface area contributed by atoms with Gasteiger partial charge in [-0.15, -0.1) is 0 Å². The normalized spacial score (nSPS) is 23.2. The Labute approximate surface area is 148 Å². The van der Waals surface area contributed by atoms with E-state index in [1.165, 1.54) is 5.57 Å². The minimum Gasteiger partial charge on any atom is -0.444 e. The highest BCUT2D eigenvalue weighted by molar-refractivity contribution is 5.70. The molecule has 0 N–H and O–H groups in total. The number of morpholine rings is 1. The Bertz CT molecular complexity index is 693. The minimum atomic E-state index is -0.518. The lowest BCUT2D eigenvalue weighted by Crippen LogP contribution is -2.57. The summed E-state index contributed by atoms with van der Waals surface area (Å²) in [4.78, 5) is 14.3. The molecule has 0 saturated carbocycles. The molecule has 2 heterocycles. The number of carbonyl (C=O) groups excluding carboxylic acids is 1. The van der Waals surface area contributed by atoms with Crippen LogP contribution in [0.2, 0.25) is 0 Å². The molecule has 4 nitrogen and oxygen atoms in total. The van der Waals surface area contributed by atoms with E-state index in [-0.39, 0.29) is 24.0 Å². The standard InChI is InChI=1S/C20H26FNO3/c1-13-5-6-14(10-18(13)21)7-15-8-16-11-24-12-17(9-15)22(16)19(23)25-20(2,3)4/h5-6,8,10,16-17H,7,9,11-12H2,1-4H3. The predicted molar refractivity (Wildman–Crippen MR) is 94.0 cm³/mol. The van der Waals surface area contributed by atoms with Crippen molar-refractivity contribution in [2.75, 3.05) is 13.2 Å². The van der Waals surface area contributed by atoms with Crippen LogP contribution < -0.4 is 0 Å². The molecule has 2 aliphatic heterocycles. The second-order valence-electron chi connectivity index (χ2n) is 7.94. The molecule has 0 aliphatic carbocycles. The van der Waals surface area contributed by atoms with E-state index in [0.29, 0.717) is 25.2 Å². The number of nitrogens with zero attached hydrogens (tertiary/aromatic N) is 1. The van der Waals surface area contributed by atoms with Crippen molar-refractivity contribution in [1.29, 1.82) is 0 Å². The fraction of sp³-hybridized carbons (Fsp3) is 0.550. The molecule has 1 saturated heterocycles. The molecule has 1 aromatic rings. The number of amides is 1. The van der Waals surface area contributed by atoms with Gasteiger partial charge in [-0.05, 0) is 57.7 Å². The molecule has 5 heteroatoms. The molecule has 1 amide bonds. The van der Waals surface area contributed by atoms with Crippen molar-refractivity contribution in [1.82, 2.24) is 4.90 Å². The fourth-order valence-electron chi connectivity index (χ4n) is 3.42. The van der Waals surface area contributed by atoms with Crippen LogP contribution >= 0.6 is 0 Å². The van der Waals surface area contributed by atoms with Crippen molar-refractivity contribution < 1.29 is 18.7 Å². The van der Waals surface area contributed by atoms with Gasteiger partial charge in [0.2, 0.25) is 0 Å². The van der Waals surface area contributed by atoms with Gasteiger partial charge in [0.25, 0.3) is 0 Å². The molecule has 3 rings (SSSR count). The van der Waals surface area contributed by atoms with Crippen LogP contribution in [0, 0.1) is 12.7 Å². The van der Waals surface area contributed by atoms with Gasteiger partial charge in [0, 0.05) is 0 Å². The Hall–Kier alpha value is -1.88. The lowest BCUT2D eigenvalue weighted by atomic mass is 9.90.